The number of pyridine rings is 1. The van der Waals surface area contributed by atoms with Crippen LogP contribution < -0.4 is 4.74 Å². The molecule has 1 aromatic carbocycles. The molecule has 1 aromatic heterocycles. The van der Waals surface area contributed by atoms with Crippen molar-refractivity contribution in [1.82, 2.24) is 4.98 Å². The summed E-state index contributed by atoms with van der Waals surface area (Å²) in [5.74, 6) is 0.855. The number of halogens is 2. The van der Waals surface area contributed by atoms with E-state index in [1.165, 1.54) is 0 Å². The number of rotatable bonds is 2. The summed E-state index contributed by atoms with van der Waals surface area (Å²) >= 11 is 6.85. The molecule has 16 heavy (non-hydrogen) atoms. The second-order valence-corrected chi connectivity index (χ2v) is 4.88. The Morgan fingerprint density at radius 3 is 2.44 bits per heavy atom. The molecule has 4 heteroatoms. The Morgan fingerprint density at radius 2 is 1.81 bits per heavy atom. The molecule has 0 bridgehead atoms. The minimum absolute atomic E-state index is 0.821. The molecule has 0 amide bonds. The largest absolute Gasteiger partial charge is 0.497 e. The van der Waals surface area contributed by atoms with Gasteiger partial charge in [0.15, 0.2) is 0 Å². The van der Waals surface area contributed by atoms with Crippen LogP contribution in [0.1, 0.15) is 0 Å². The van der Waals surface area contributed by atoms with E-state index in [1.54, 1.807) is 13.3 Å². The van der Waals surface area contributed by atoms with Gasteiger partial charge in [-0.05, 0) is 55.6 Å². The third kappa shape index (κ3) is 2.44. The molecule has 0 N–H and O–H groups in total. The predicted octanol–water partition coefficient (Wildman–Crippen LogP) is 4.28. The van der Waals surface area contributed by atoms with Crippen LogP contribution in [0.25, 0.3) is 11.1 Å². The lowest BCUT2D eigenvalue weighted by Crippen LogP contribution is -1.85. The summed E-state index contributed by atoms with van der Waals surface area (Å²) in [6.07, 6.45) is 1.78. The average molecular weight is 343 g/mol. The maximum absolute atomic E-state index is 5.13. The number of hydrogen-bond acceptors (Lipinski definition) is 2. The van der Waals surface area contributed by atoms with Crippen LogP contribution in [0.4, 0.5) is 0 Å². The normalized spacial score (nSPS) is 10.2. The Labute approximate surface area is 111 Å². The van der Waals surface area contributed by atoms with Crippen LogP contribution in [0.5, 0.6) is 5.75 Å². The van der Waals surface area contributed by atoms with Crippen molar-refractivity contribution in [2.75, 3.05) is 7.11 Å². The van der Waals surface area contributed by atoms with Gasteiger partial charge in [-0.25, -0.2) is 4.98 Å². The summed E-state index contributed by atoms with van der Waals surface area (Å²) in [6, 6.07) is 9.90. The van der Waals surface area contributed by atoms with Crippen molar-refractivity contribution in [2.24, 2.45) is 0 Å². The first kappa shape index (κ1) is 11.6. The highest BCUT2D eigenvalue weighted by atomic mass is 79.9. The standard InChI is InChI=1S/C12H9Br2NO/c1-16-9-4-2-8(3-5-9)10-6-12(14)15-7-11(10)13/h2-7H,1H3. The first-order chi connectivity index (χ1) is 7.70. The van der Waals surface area contributed by atoms with Crippen LogP contribution in [-0.2, 0) is 0 Å². The summed E-state index contributed by atoms with van der Waals surface area (Å²) in [5, 5.41) is 0. The second-order valence-electron chi connectivity index (χ2n) is 3.22. The SMILES string of the molecule is COc1ccc(-c2cc(Br)ncc2Br)cc1. The quantitative estimate of drug-likeness (QED) is 0.760. The van der Waals surface area contributed by atoms with E-state index >= 15 is 0 Å². The molecule has 0 saturated heterocycles. The van der Waals surface area contributed by atoms with Gasteiger partial charge in [-0.1, -0.05) is 12.1 Å². The molecule has 82 valence electrons. The van der Waals surface area contributed by atoms with Crippen molar-refractivity contribution in [1.29, 1.82) is 0 Å². The van der Waals surface area contributed by atoms with Crippen LogP contribution >= 0.6 is 31.9 Å². The Hall–Kier alpha value is -0.870. The van der Waals surface area contributed by atoms with E-state index in [2.05, 4.69) is 36.8 Å². The number of nitrogens with zero attached hydrogens (tertiary/aromatic N) is 1. The van der Waals surface area contributed by atoms with Crippen molar-refractivity contribution < 1.29 is 4.74 Å². The van der Waals surface area contributed by atoms with Crippen LogP contribution in [0.2, 0.25) is 0 Å². The van der Waals surface area contributed by atoms with Gasteiger partial charge in [0.05, 0.1) is 7.11 Å². The van der Waals surface area contributed by atoms with Gasteiger partial charge in [0.25, 0.3) is 0 Å². The molecule has 0 radical (unpaired) electrons. The lowest BCUT2D eigenvalue weighted by atomic mass is 10.1. The van der Waals surface area contributed by atoms with Crippen molar-refractivity contribution >= 4 is 31.9 Å². The van der Waals surface area contributed by atoms with Gasteiger partial charge >= 0.3 is 0 Å². The highest BCUT2D eigenvalue weighted by molar-refractivity contribution is 9.11. The van der Waals surface area contributed by atoms with Gasteiger partial charge in [0.1, 0.15) is 10.4 Å². The molecular formula is C12H9Br2NO. The molecule has 1 heterocycles. The van der Waals surface area contributed by atoms with Crippen molar-refractivity contribution in [3.05, 3.63) is 45.6 Å². The highest BCUT2D eigenvalue weighted by Gasteiger charge is 2.04. The maximum Gasteiger partial charge on any atom is 0.118 e. The van der Waals surface area contributed by atoms with Gasteiger partial charge in [-0.3, -0.25) is 0 Å². The van der Waals surface area contributed by atoms with Crippen LogP contribution in [0.15, 0.2) is 45.6 Å². The van der Waals surface area contributed by atoms with E-state index in [0.29, 0.717) is 0 Å². The Bertz CT molecular complexity index is 497. The van der Waals surface area contributed by atoms with Crippen LogP contribution in [0.3, 0.4) is 0 Å². The summed E-state index contributed by atoms with van der Waals surface area (Å²) in [4.78, 5) is 4.14. The molecule has 0 aliphatic carbocycles. The molecule has 0 unspecified atom stereocenters. The van der Waals surface area contributed by atoms with Gasteiger partial charge in [-0.2, -0.15) is 0 Å². The lowest BCUT2D eigenvalue weighted by molar-refractivity contribution is 0.415. The molecule has 0 aliphatic heterocycles. The van der Waals surface area contributed by atoms with Gasteiger partial charge in [-0.15, -0.1) is 0 Å². The summed E-state index contributed by atoms with van der Waals surface area (Å²) in [5.41, 5.74) is 2.22. The molecule has 0 atom stereocenters. The van der Waals surface area contributed by atoms with E-state index in [0.717, 1.165) is 26.0 Å². The molecule has 2 rings (SSSR count). The molecule has 0 spiro atoms. The first-order valence-electron chi connectivity index (χ1n) is 4.66. The number of hydrogen-bond donors (Lipinski definition) is 0. The molecule has 0 saturated carbocycles. The Kier molecular flexibility index (Phi) is 3.61. The third-order valence-corrected chi connectivity index (χ3v) is 3.29. The minimum atomic E-state index is 0.821. The van der Waals surface area contributed by atoms with Gasteiger partial charge in [0, 0.05) is 16.2 Å². The number of methoxy groups -OCH3 is 1. The van der Waals surface area contributed by atoms with Gasteiger partial charge < -0.3 is 4.74 Å². The summed E-state index contributed by atoms with van der Waals surface area (Å²) in [7, 11) is 1.66. The van der Waals surface area contributed by atoms with Crippen LogP contribution in [0, 0.1) is 0 Å². The number of benzene rings is 1. The van der Waals surface area contributed by atoms with Crippen LogP contribution in [-0.4, -0.2) is 12.1 Å². The number of ether oxygens (including phenoxy) is 1. The minimum Gasteiger partial charge on any atom is -0.497 e. The molecule has 0 fully saturated rings. The van der Waals surface area contributed by atoms with Gasteiger partial charge in [0.2, 0.25) is 0 Å². The smallest absolute Gasteiger partial charge is 0.118 e. The molecule has 0 aliphatic rings. The zero-order valence-electron chi connectivity index (χ0n) is 8.58. The average Bonchev–Trinajstić information content (AvgIpc) is 2.32. The number of aromatic nitrogens is 1. The zero-order valence-corrected chi connectivity index (χ0v) is 11.7. The monoisotopic (exact) mass is 341 g/mol. The first-order valence-corrected chi connectivity index (χ1v) is 6.25. The highest BCUT2D eigenvalue weighted by Crippen LogP contribution is 2.30. The maximum atomic E-state index is 5.13. The predicted molar refractivity (Wildman–Crippen MR) is 71.6 cm³/mol. The topological polar surface area (TPSA) is 22.1 Å². The Morgan fingerprint density at radius 1 is 1.12 bits per heavy atom. The van der Waals surface area contributed by atoms with Crippen molar-refractivity contribution in [3.8, 4) is 16.9 Å². The summed E-state index contributed by atoms with van der Waals surface area (Å²) < 4.78 is 6.92. The van der Waals surface area contributed by atoms with Crippen molar-refractivity contribution in [3.63, 3.8) is 0 Å². The van der Waals surface area contributed by atoms with Crippen molar-refractivity contribution in [2.45, 2.75) is 0 Å². The fraction of sp³-hybridized carbons (Fsp3) is 0.0833. The van der Waals surface area contributed by atoms with E-state index in [4.69, 9.17) is 4.74 Å². The molecule has 2 nitrogen and oxygen atoms in total. The summed E-state index contributed by atoms with van der Waals surface area (Å²) in [6.45, 7) is 0. The molecular weight excluding hydrogens is 334 g/mol. The fourth-order valence-electron chi connectivity index (χ4n) is 1.40. The molecule has 2 aromatic rings. The zero-order chi connectivity index (χ0) is 11.5. The van der Waals surface area contributed by atoms with E-state index in [-0.39, 0.29) is 0 Å². The lowest BCUT2D eigenvalue weighted by Gasteiger charge is -2.06. The fourth-order valence-corrected chi connectivity index (χ4v) is 2.18. The van der Waals surface area contributed by atoms with E-state index in [9.17, 15) is 0 Å². The van der Waals surface area contributed by atoms with E-state index < -0.39 is 0 Å². The second kappa shape index (κ2) is 4.97. The Balaban J connectivity index is 2.45. The van der Waals surface area contributed by atoms with E-state index in [1.807, 2.05) is 30.3 Å². The third-order valence-electron chi connectivity index (χ3n) is 2.22.